The van der Waals surface area contributed by atoms with E-state index < -0.39 is 28.5 Å². The number of amides is 2. The van der Waals surface area contributed by atoms with Gasteiger partial charge in [-0.1, -0.05) is 58.4 Å². The van der Waals surface area contributed by atoms with Gasteiger partial charge in [-0.15, -0.1) is 0 Å². The van der Waals surface area contributed by atoms with Crippen LogP contribution in [0.5, 0.6) is 5.75 Å². The number of nitrogens with one attached hydrogen (secondary N) is 1. The van der Waals surface area contributed by atoms with Crippen molar-refractivity contribution in [1.29, 1.82) is 0 Å². The topological polar surface area (TPSA) is 96.0 Å². The lowest BCUT2D eigenvalue weighted by Gasteiger charge is -2.31. The molecule has 0 bridgehead atoms. The van der Waals surface area contributed by atoms with Gasteiger partial charge in [0, 0.05) is 18.1 Å². The molecule has 0 unspecified atom stereocenters. The van der Waals surface area contributed by atoms with Crippen LogP contribution in [0, 0.1) is 0 Å². The minimum absolute atomic E-state index is 0.136. The van der Waals surface area contributed by atoms with Gasteiger partial charge in [-0.3, -0.25) is 13.9 Å². The molecule has 0 saturated heterocycles. The van der Waals surface area contributed by atoms with Gasteiger partial charge in [0.25, 0.3) is 0 Å². The van der Waals surface area contributed by atoms with E-state index in [0.717, 1.165) is 26.2 Å². The molecule has 0 heterocycles. The minimum atomic E-state index is -3.81. The fraction of sp³-hybridized carbons (Fsp3) is 0.259. The van der Waals surface area contributed by atoms with Gasteiger partial charge >= 0.3 is 0 Å². The van der Waals surface area contributed by atoms with Gasteiger partial charge in [0.05, 0.1) is 11.9 Å². The zero-order chi connectivity index (χ0) is 27.0. The Morgan fingerprint density at radius 2 is 1.62 bits per heavy atom. The summed E-state index contributed by atoms with van der Waals surface area (Å²) in [6.45, 7) is 1.66. The number of nitrogens with zero attached hydrogens (tertiary/aromatic N) is 2. The molecule has 2 amide bonds. The summed E-state index contributed by atoms with van der Waals surface area (Å²) in [5.41, 5.74) is 2.12. The highest BCUT2D eigenvalue weighted by molar-refractivity contribution is 9.10. The summed E-state index contributed by atoms with van der Waals surface area (Å²) in [5, 5.41) is 2.55. The Morgan fingerprint density at radius 3 is 2.22 bits per heavy atom. The molecular formula is C27H30BrN3O5S. The van der Waals surface area contributed by atoms with Gasteiger partial charge in [-0.2, -0.15) is 0 Å². The zero-order valence-corrected chi connectivity index (χ0v) is 23.3. The molecule has 3 aromatic carbocycles. The van der Waals surface area contributed by atoms with E-state index in [1.54, 1.807) is 31.2 Å². The molecule has 37 heavy (non-hydrogen) atoms. The fourth-order valence-electron chi connectivity index (χ4n) is 3.69. The summed E-state index contributed by atoms with van der Waals surface area (Å²) in [4.78, 5) is 27.2. The van der Waals surface area contributed by atoms with E-state index in [0.29, 0.717) is 18.0 Å². The summed E-state index contributed by atoms with van der Waals surface area (Å²) < 4.78 is 33.0. The Kier molecular flexibility index (Phi) is 9.71. The molecule has 1 atom stereocenters. The van der Waals surface area contributed by atoms with Crippen molar-refractivity contribution in [1.82, 2.24) is 10.2 Å². The molecule has 3 rings (SSSR count). The molecule has 8 nitrogen and oxygen atoms in total. The van der Waals surface area contributed by atoms with Crippen LogP contribution in [-0.2, 0) is 32.8 Å². The van der Waals surface area contributed by atoms with Crippen LogP contribution in [0.15, 0.2) is 83.3 Å². The van der Waals surface area contributed by atoms with Crippen molar-refractivity contribution in [2.24, 2.45) is 0 Å². The number of hydrogen-bond acceptors (Lipinski definition) is 5. The number of carbonyl (C=O) groups is 2. The Bertz CT molecular complexity index is 1320. The minimum Gasteiger partial charge on any atom is -0.489 e. The van der Waals surface area contributed by atoms with E-state index in [4.69, 9.17) is 4.74 Å². The van der Waals surface area contributed by atoms with E-state index in [1.807, 2.05) is 54.6 Å². The van der Waals surface area contributed by atoms with Crippen molar-refractivity contribution in [3.05, 3.63) is 94.5 Å². The number of ether oxygens (including phenoxy) is 1. The van der Waals surface area contributed by atoms with Crippen LogP contribution in [0.2, 0.25) is 0 Å². The van der Waals surface area contributed by atoms with Crippen molar-refractivity contribution >= 4 is 43.5 Å². The van der Waals surface area contributed by atoms with Crippen LogP contribution in [0.4, 0.5) is 5.69 Å². The number of halogens is 1. The lowest BCUT2D eigenvalue weighted by atomic mass is 10.1. The highest BCUT2D eigenvalue weighted by Gasteiger charge is 2.29. The van der Waals surface area contributed by atoms with E-state index >= 15 is 0 Å². The third-order valence-corrected chi connectivity index (χ3v) is 7.34. The molecule has 3 aromatic rings. The normalized spacial score (nSPS) is 11.9. The highest BCUT2D eigenvalue weighted by Crippen LogP contribution is 2.23. The number of anilines is 1. The van der Waals surface area contributed by atoms with E-state index in [9.17, 15) is 18.0 Å². The van der Waals surface area contributed by atoms with Gasteiger partial charge in [0.2, 0.25) is 21.8 Å². The molecule has 0 aliphatic rings. The summed E-state index contributed by atoms with van der Waals surface area (Å²) in [6, 6.07) is 22.7. The number of carbonyl (C=O) groups excluding carboxylic acids is 2. The Morgan fingerprint density at radius 1 is 0.973 bits per heavy atom. The van der Waals surface area contributed by atoms with Gasteiger partial charge < -0.3 is 15.0 Å². The van der Waals surface area contributed by atoms with Crippen molar-refractivity contribution < 1.29 is 22.7 Å². The second-order valence-corrected chi connectivity index (χ2v) is 11.3. The SMILES string of the molecule is CNC(=O)[C@@H](C)N(Cc1cccc(Br)c1)C(=O)CN(c1ccc(OCc2ccccc2)cc1)S(C)(=O)=O. The van der Waals surface area contributed by atoms with Crippen molar-refractivity contribution in [3.63, 3.8) is 0 Å². The molecule has 196 valence electrons. The fourth-order valence-corrected chi connectivity index (χ4v) is 4.98. The van der Waals surface area contributed by atoms with Crippen molar-refractivity contribution in [2.45, 2.75) is 26.1 Å². The molecule has 0 aromatic heterocycles. The Hall–Kier alpha value is -3.37. The molecule has 0 aliphatic heterocycles. The average molecular weight is 589 g/mol. The lowest BCUT2D eigenvalue weighted by Crippen LogP contribution is -2.50. The quantitative estimate of drug-likeness (QED) is 0.366. The van der Waals surface area contributed by atoms with Crippen LogP contribution in [0.25, 0.3) is 0 Å². The molecule has 1 N–H and O–H groups in total. The third-order valence-electron chi connectivity index (χ3n) is 5.71. The van der Waals surface area contributed by atoms with Gasteiger partial charge in [0.1, 0.15) is 24.9 Å². The maximum Gasteiger partial charge on any atom is 0.244 e. The molecule has 0 fully saturated rings. The molecule has 0 saturated carbocycles. The van der Waals surface area contributed by atoms with E-state index in [1.165, 1.54) is 11.9 Å². The molecule has 0 radical (unpaired) electrons. The predicted molar refractivity (Wildman–Crippen MR) is 148 cm³/mol. The Balaban J connectivity index is 1.80. The predicted octanol–water partition coefficient (Wildman–Crippen LogP) is 3.96. The van der Waals surface area contributed by atoms with Crippen LogP contribution in [0.3, 0.4) is 0 Å². The average Bonchev–Trinajstić information content (AvgIpc) is 2.88. The van der Waals surface area contributed by atoms with Crippen molar-refractivity contribution in [2.75, 3.05) is 24.2 Å². The van der Waals surface area contributed by atoms with Crippen LogP contribution in [-0.4, -0.2) is 51.0 Å². The number of sulfonamides is 1. The molecular weight excluding hydrogens is 558 g/mol. The Labute approximate surface area is 226 Å². The summed E-state index contributed by atoms with van der Waals surface area (Å²) >= 11 is 3.42. The van der Waals surface area contributed by atoms with Crippen molar-refractivity contribution in [3.8, 4) is 5.75 Å². The monoisotopic (exact) mass is 587 g/mol. The second-order valence-electron chi connectivity index (χ2n) is 8.48. The number of likely N-dealkylation sites (N-methyl/N-ethyl adjacent to an activating group) is 1. The first-order valence-corrected chi connectivity index (χ1v) is 14.2. The zero-order valence-electron chi connectivity index (χ0n) is 20.9. The first-order valence-electron chi connectivity index (χ1n) is 11.6. The van der Waals surface area contributed by atoms with Crippen LogP contribution < -0.4 is 14.4 Å². The largest absolute Gasteiger partial charge is 0.489 e. The van der Waals surface area contributed by atoms with Crippen LogP contribution >= 0.6 is 15.9 Å². The number of hydrogen-bond donors (Lipinski definition) is 1. The summed E-state index contributed by atoms with van der Waals surface area (Å²) in [6.07, 6.45) is 1.04. The standard InChI is InChI=1S/C27H30BrN3O5S/c1-20(27(33)29-2)30(17-22-10-7-11-23(28)16-22)26(32)18-31(37(3,34)35)24-12-14-25(15-13-24)36-19-21-8-5-4-6-9-21/h4-16,20H,17-19H2,1-3H3,(H,29,33)/t20-/m1/s1. The number of benzene rings is 3. The maximum absolute atomic E-state index is 13.5. The summed E-state index contributed by atoms with van der Waals surface area (Å²) in [5.74, 6) is -0.294. The first kappa shape index (κ1) is 28.2. The second kappa shape index (κ2) is 12.7. The highest BCUT2D eigenvalue weighted by atomic mass is 79.9. The molecule has 0 aliphatic carbocycles. The van der Waals surface area contributed by atoms with Crippen LogP contribution in [0.1, 0.15) is 18.1 Å². The van der Waals surface area contributed by atoms with Gasteiger partial charge in [-0.25, -0.2) is 8.42 Å². The molecule has 10 heteroatoms. The number of rotatable bonds is 11. The van der Waals surface area contributed by atoms with Gasteiger partial charge in [0.15, 0.2) is 0 Å². The smallest absolute Gasteiger partial charge is 0.244 e. The lowest BCUT2D eigenvalue weighted by molar-refractivity contribution is -0.139. The van der Waals surface area contributed by atoms with Gasteiger partial charge in [-0.05, 0) is 54.4 Å². The molecule has 0 spiro atoms. The maximum atomic E-state index is 13.5. The first-order chi connectivity index (χ1) is 17.6. The van der Waals surface area contributed by atoms with E-state index in [2.05, 4.69) is 21.2 Å². The van der Waals surface area contributed by atoms with E-state index in [-0.39, 0.29) is 12.5 Å². The summed E-state index contributed by atoms with van der Waals surface area (Å²) in [7, 11) is -2.32. The third kappa shape index (κ3) is 8.06.